The highest BCUT2D eigenvalue weighted by Gasteiger charge is 2.21. The van der Waals surface area contributed by atoms with E-state index in [4.69, 9.17) is 16.3 Å². The van der Waals surface area contributed by atoms with E-state index in [1.54, 1.807) is 7.11 Å². The number of methoxy groups -OCH3 is 1. The highest BCUT2D eigenvalue weighted by atomic mass is 35.5. The van der Waals surface area contributed by atoms with Gasteiger partial charge in [-0.25, -0.2) is 0 Å². The topological polar surface area (TPSA) is 41.6 Å². The third kappa shape index (κ3) is 5.31. The summed E-state index contributed by atoms with van der Waals surface area (Å²) in [5, 5.41) is 3.78. The molecule has 1 atom stereocenters. The molecule has 4 nitrogen and oxygen atoms in total. The summed E-state index contributed by atoms with van der Waals surface area (Å²) >= 11 is 6.41. The first-order valence-corrected chi connectivity index (χ1v) is 9.33. The van der Waals surface area contributed by atoms with E-state index in [-0.39, 0.29) is 11.9 Å². The minimum atomic E-state index is -0.0850. The van der Waals surface area contributed by atoms with Gasteiger partial charge in [-0.05, 0) is 42.4 Å². The number of nitrogens with zero attached hydrogens (tertiary/aromatic N) is 1. The Bertz CT molecular complexity index is 699. The molecule has 0 heterocycles. The Labute approximate surface area is 161 Å². The molecule has 0 aliphatic rings. The molecule has 1 unspecified atom stereocenters. The number of carbonyl (C=O) groups excluding carboxylic acids is 1. The zero-order valence-corrected chi connectivity index (χ0v) is 16.4. The highest BCUT2D eigenvalue weighted by Crippen LogP contribution is 2.27. The number of nitrogens with one attached hydrogen (secondary N) is 1. The maximum atomic E-state index is 12.5. The van der Waals surface area contributed by atoms with Crippen molar-refractivity contribution < 1.29 is 9.53 Å². The number of amides is 1. The molecule has 0 aliphatic heterocycles. The van der Waals surface area contributed by atoms with Gasteiger partial charge in [0.2, 0.25) is 0 Å². The predicted octanol–water partition coefficient (Wildman–Crippen LogP) is 4.30. The van der Waals surface area contributed by atoms with Crippen LogP contribution in [0.3, 0.4) is 0 Å². The Hall–Kier alpha value is -1.88. The second kappa shape index (κ2) is 10.3. The van der Waals surface area contributed by atoms with E-state index in [0.29, 0.717) is 18.7 Å². The Morgan fingerprint density at radius 1 is 1.12 bits per heavy atom. The van der Waals surface area contributed by atoms with Crippen LogP contribution in [0.15, 0.2) is 48.5 Å². The van der Waals surface area contributed by atoms with Crippen LogP contribution in [-0.4, -0.2) is 37.6 Å². The smallest absolute Gasteiger partial charge is 0.251 e. The van der Waals surface area contributed by atoms with Gasteiger partial charge in [-0.15, -0.1) is 0 Å². The van der Waals surface area contributed by atoms with Crippen LogP contribution in [0.1, 0.15) is 41.4 Å². The quantitative estimate of drug-likeness (QED) is 0.711. The minimum absolute atomic E-state index is 0.0374. The van der Waals surface area contributed by atoms with Crippen molar-refractivity contribution in [3.8, 4) is 0 Å². The van der Waals surface area contributed by atoms with Crippen LogP contribution >= 0.6 is 11.6 Å². The number of hydrogen-bond donors (Lipinski definition) is 1. The van der Waals surface area contributed by atoms with Crippen LogP contribution < -0.4 is 5.32 Å². The first-order valence-electron chi connectivity index (χ1n) is 8.95. The van der Waals surface area contributed by atoms with E-state index < -0.39 is 0 Å². The molecule has 2 aromatic carbocycles. The molecule has 0 saturated carbocycles. The van der Waals surface area contributed by atoms with E-state index in [9.17, 15) is 4.79 Å². The first-order chi connectivity index (χ1) is 12.6. The summed E-state index contributed by atoms with van der Waals surface area (Å²) in [5.41, 5.74) is 2.72. The van der Waals surface area contributed by atoms with Gasteiger partial charge in [0.1, 0.15) is 0 Å². The van der Waals surface area contributed by atoms with E-state index in [1.165, 1.54) is 0 Å². The number of rotatable bonds is 9. The fourth-order valence-corrected chi connectivity index (χ4v) is 3.32. The highest BCUT2D eigenvalue weighted by molar-refractivity contribution is 6.31. The van der Waals surface area contributed by atoms with Crippen molar-refractivity contribution in [1.29, 1.82) is 0 Å². The molecule has 0 bridgehead atoms. The zero-order valence-electron chi connectivity index (χ0n) is 15.7. The first kappa shape index (κ1) is 20.4. The summed E-state index contributed by atoms with van der Waals surface area (Å²) in [6.07, 6.45) is 0. The van der Waals surface area contributed by atoms with Gasteiger partial charge in [-0.1, -0.05) is 55.8 Å². The number of hydrogen-bond acceptors (Lipinski definition) is 3. The third-order valence-corrected chi connectivity index (χ3v) is 4.84. The Balaban J connectivity index is 2.11. The van der Waals surface area contributed by atoms with Gasteiger partial charge in [0.15, 0.2) is 0 Å². The third-order valence-electron chi connectivity index (χ3n) is 4.50. The lowest BCUT2D eigenvalue weighted by Gasteiger charge is -2.31. The molecule has 0 aromatic heterocycles. The van der Waals surface area contributed by atoms with Crippen LogP contribution in [0.2, 0.25) is 5.02 Å². The molecule has 0 aliphatic carbocycles. The van der Waals surface area contributed by atoms with E-state index in [1.807, 2.05) is 48.5 Å². The maximum Gasteiger partial charge on any atom is 0.251 e. The molecular weight excluding hydrogens is 348 g/mol. The molecule has 1 amide bonds. The van der Waals surface area contributed by atoms with Crippen molar-refractivity contribution in [3.63, 3.8) is 0 Å². The number of benzene rings is 2. The van der Waals surface area contributed by atoms with Crippen LogP contribution in [0.5, 0.6) is 0 Å². The second-order valence-corrected chi connectivity index (χ2v) is 6.51. The van der Waals surface area contributed by atoms with Gasteiger partial charge in [-0.3, -0.25) is 9.69 Å². The van der Waals surface area contributed by atoms with Crippen LogP contribution in [0, 0.1) is 0 Å². The van der Waals surface area contributed by atoms with Gasteiger partial charge in [-0.2, -0.15) is 0 Å². The summed E-state index contributed by atoms with van der Waals surface area (Å²) in [7, 11) is 1.66. The minimum Gasteiger partial charge on any atom is -0.380 e. The summed E-state index contributed by atoms with van der Waals surface area (Å²) in [6, 6.07) is 15.3. The Morgan fingerprint density at radius 2 is 1.77 bits per heavy atom. The number of likely N-dealkylation sites (N-methyl/N-ethyl adjacent to an activating group) is 1. The van der Waals surface area contributed by atoms with E-state index in [0.717, 1.165) is 29.2 Å². The molecule has 26 heavy (non-hydrogen) atoms. The van der Waals surface area contributed by atoms with Crippen molar-refractivity contribution in [1.82, 2.24) is 10.2 Å². The summed E-state index contributed by atoms with van der Waals surface area (Å²) < 4.78 is 5.10. The van der Waals surface area contributed by atoms with Gasteiger partial charge in [0, 0.05) is 24.2 Å². The van der Waals surface area contributed by atoms with E-state index >= 15 is 0 Å². The van der Waals surface area contributed by atoms with Crippen molar-refractivity contribution in [2.75, 3.05) is 26.7 Å². The molecule has 0 fully saturated rings. The summed E-state index contributed by atoms with van der Waals surface area (Å²) in [5.74, 6) is -0.0850. The maximum absolute atomic E-state index is 12.5. The number of carbonyl (C=O) groups is 1. The predicted molar refractivity (Wildman–Crippen MR) is 107 cm³/mol. The molecule has 1 N–H and O–H groups in total. The molecule has 0 spiro atoms. The molecular formula is C21H27ClN2O2. The van der Waals surface area contributed by atoms with Crippen molar-refractivity contribution in [2.45, 2.75) is 26.5 Å². The number of ether oxygens (including phenoxy) is 1. The van der Waals surface area contributed by atoms with Gasteiger partial charge in [0.25, 0.3) is 5.91 Å². The number of halogens is 1. The van der Waals surface area contributed by atoms with Gasteiger partial charge >= 0.3 is 0 Å². The normalized spacial score (nSPS) is 12.2. The fraction of sp³-hybridized carbons (Fsp3) is 0.381. The van der Waals surface area contributed by atoms with E-state index in [2.05, 4.69) is 24.1 Å². The monoisotopic (exact) mass is 374 g/mol. The largest absolute Gasteiger partial charge is 0.380 e. The molecule has 0 saturated heterocycles. The lowest BCUT2D eigenvalue weighted by atomic mass is 10.0. The molecule has 5 heteroatoms. The van der Waals surface area contributed by atoms with Crippen molar-refractivity contribution in [2.24, 2.45) is 0 Å². The SMILES string of the molecule is CCN(CC)C(CNC(=O)c1ccc(COC)cc1)c1ccccc1Cl. The average Bonchev–Trinajstić information content (AvgIpc) is 2.66. The summed E-state index contributed by atoms with van der Waals surface area (Å²) in [6.45, 7) is 7.04. The lowest BCUT2D eigenvalue weighted by molar-refractivity contribution is 0.0935. The van der Waals surface area contributed by atoms with Crippen LogP contribution in [0.25, 0.3) is 0 Å². The Morgan fingerprint density at radius 3 is 2.35 bits per heavy atom. The standard InChI is InChI=1S/C21H27ClN2O2/c1-4-24(5-2)20(18-8-6-7-9-19(18)22)14-23-21(25)17-12-10-16(11-13-17)15-26-3/h6-13,20H,4-5,14-15H2,1-3H3,(H,23,25). The van der Waals surface area contributed by atoms with Gasteiger partial charge < -0.3 is 10.1 Å². The molecule has 140 valence electrons. The van der Waals surface area contributed by atoms with Crippen LogP contribution in [-0.2, 0) is 11.3 Å². The summed E-state index contributed by atoms with van der Waals surface area (Å²) in [4.78, 5) is 14.8. The van der Waals surface area contributed by atoms with Gasteiger partial charge in [0.05, 0.1) is 12.6 Å². The lowest BCUT2D eigenvalue weighted by Crippen LogP contribution is -2.38. The fourth-order valence-electron chi connectivity index (χ4n) is 3.06. The van der Waals surface area contributed by atoms with Crippen molar-refractivity contribution in [3.05, 3.63) is 70.2 Å². The Kier molecular flexibility index (Phi) is 8.10. The van der Waals surface area contributed by atoms with Crippen molar-refractivity contribution >= 4 is 17.5 Å². The molecule has 2 rings (SSSR count). The second-order valence-electron chi connectivity index (χ2n) is 6.10. The molecule has 2 aromatic rings. The molecule has 0 radical (unpaired) electrons. The van der Waals surface area contributed by atoms with Crippen LogP contribution in [0.4, 0.5) is 0 Å². The zero-order chi connectivity index (χ0) is 18.9. The average molecular weight is 375 g/mol.